The summed E-state index contributed by atoms with van der Waals surface area (Å²) in [7, 11) is 1.66. The average Bonchev–Trinajstić information content (AvgIpc) is 2.75. The molecular formula is C13H14ClNOS. The lowest BCUT2D eigenvalue weighted by Crippen LogP contribution is -2.11. The fourth-order valence-electron chi connectivity index (χ4n) is 1.77. The number of ether oxygens (including phenoxy) is 1. The minimum atomic E-state index is -0.126. The third-order valence-corrected chi connectivity index (χ3v) is 4.03. The zero-order valence-corrected chi connectivity index (χ0v) is 11.3. The van der Waals surface area contributed by atoms with Gasteiger partial charge in [0.25, 0.3) is 0 Å². The molecule has 0 bridgehead atoms. The van der Waals surface area contributed by atoms with Crippen LogP contribution in [-0.2, 0) is 0 Å². The van der Waals surface area contributed by atoms with E-state index in [1.165, 1.54) is 11.3 Å². The van der Waals surface area contributed by atoms with Crippen molar-refractivity contribution in [2.24, 2.45) is 5.73 Å². The Balaban J connectivity index is 2.34. The van der Waals surface area contributed by atoms with Gasteiger partial charge in [-0.3, -0.25) is 0 Å². The molecule has 0 aliphatic carbocycles. The first kappa shape index (κ1) is 12.4. The third kappa shape index (κ3) is 2.63. The Morgan fingerprint density at radius 2 is 2.06 bits per heavy atom. The van der Waals surface area contributed by atoms with Gasteiger partial charge in [0.15, 0.2) is 0 Å². The summed E-state index contributed by atoms with van der Waals surface area (Å²) in [5.41, 5.74) is 8.46. The van der Waals surface area contributed by atoms with Crippen LogP contribution in [0.2, 0.25) is 4.34 Å². The molecule has 0 fully saturated rings. The lowest BCUT2D eigenvalue weighted by atomic mass is 10.0. The van der Waals surface area contributed by atoms with Crippen LogP contribution in [0.15, 0.2) is 30.3 Å². The Hall–Kier alpha value is -1.03. The molecule has 0 radical (unpaired) electrons. The van der Waals surface area contributed by atoms with Crippen LogP contribution < -0.4 is 10.5 Å². The van der Waals surface area contributed by atoms with Gasteiger partial charge < -0.3 is 10.5 Å². The van der Waals surface area contributed by atoms with E-state index in [0.717, 1.165) is 26.1 Å². The third-order valence-electron chi connectivity index (χ3n) is 2.71. The van der Waals surface area contributed by atoms with Crippen LogP contribution in [0.1, 0.15) is 22.0 Å². The molecular weight excluding hydrogens is 254 g/mol. The maximum atomic E-state index is 6.23. The van der Waals surface area contributed by atoms with E-state index in [-0.39, 0.29) is 6.04 Å². The highest BCUT2D eigenvalue weighted by Crippen LogP contribution is 2.31. The van der Waals surface area contributed by atoms with Gasteiger partial charge in [-0.05, 0) is 42.3 Å². The minimum Gasteiger partial charge on any atom is -0.497 e. The van der Waals surface area contributed by atoms with Crippen molar-refractivity contribution < 1.29 is 4.74 Å². The number of nitrogens with two attached hydrogens (primary N) is 1. The molecule has 1 aromatic carbocycles. The molecule has 90 valence electrons. The molecule has 2 nitrogen and oxygen atoms in total. The second-order valence-electron chi connectivity index (χ2n) is 3.84. The van der Waals surface area contributed by atoms with Gasteiger partial charge in [0.1, 0.15) is 5.75 Å². The fourth-order valence-corrected chi connectivity index (χ4v) is 2.85. The molecule has 0 saturated heterocycles. The summed E-state index contributed by atoms with van der Waals surface area (Å²) in [5.74, 6) is 0.850. The van der Waals surface area contributed by atoms with Crippen LogP contribution in [0.5, 0.6) is 5.75 Å². The van der Waals surface area contributed by atoms with Gasteiger partial charge in [-0.15, -0.1) is 11.3 Å². The van der Waals surface area contributed by atoms with Crippen molar-refractivity contribution >= 4 is 22.9 Å². The van der Waals surface area contributed by atoms with Crippen LogP contribution in [0.25, 0.3) is 0 Å². The predicted molar refractivity (Wildman–Crippen MR) is 73.1 cm³/mol. The smallest absolute Gasteiger partial charge is 0.119 e. The van der Waals surface area contributed by atoms with Crippen molar-refractivity contribution in [3.8, 4) is 5.75 Å². The summed E-state index contributed by atoms with van der Waals surface area (Å²) in [5, 5.41) is 0. The molecule has 0 amide bonds. The molecule has 2 N–H and O–H groups in total. The minimum absolute atomic E-state index is 0.126. The number of hydrogen-bond donors (Lipinski definition) is 1. The molecule has 0 spiro atoms. The normalized spacial score (nSPS) is 12.5. The number of aryl methyl sites for hydroxylation is 1. The fraction of sp³-hybridized carbons (Fsp3) is 0.231. The van der Waals surface area contributed by atoms with Crippen molar-refractivity contribution in [1.82, 2.24) is 0 Å². The maximum Gasteiger partial charge on any atom is 0.119 e. The van der Waals surface area contributed by atoms with Crippen LogP contribution in [0, 0.1) is 6.92 Å². The first-order valence-corrected chi connectivity index (χ1v) is 6.46. The lowest BCUT2D eigenvalue weighted by Gasteiger charge is -2.14. The molecule has 0 aliphatic heterocycles. The number of halogens is 1. The van der Waals surface area contributed by atoms with Crippen molar-refractivity contribution in [1.29, 1.82) is 0 Å². The second kappa shape index (κ2) is 5.08. The predicted octanol–water partition coefficient (Wildman–Crippen LogP) is 3.77. The average molecular weight is 268 g/mol. The van der Waals surface area contributed by atoms with E-state index in [4.69, 9.17) is 22.1 Å². The molecule has 0 aliphatic rings. The molecule has 4 heteroatoms. The first-order valence-electron chi connectivity index (χ1n) is 5.27. The summed E-state index contributed by atoms with van der Waals surface area (Å²) >= 11 is 7.44. The Labute approximate surface area is 110 Å². The summed E-state index contributed by atoms with van der Waals surface area (Å²) in [4.78, 5) is 1.07. The van der Waals surface area contributed by atoms with Gasteiger partial charge in [0.2, 0.25) is 0 Å². The standard InChI is InChI=1S/C13H14ClNOS/c1-8-7-9(16-2)3-4-10(8)13(15)11-5-6-12(14)17-11/h3-7,13H,15H2,1-2H3. The van der Waals surface area contributed by atoms with Crippen molar-refractivity contribution in [3.63, 3.8) is 0 Å². The van der Waals surface area contributed by atoms with E-state index < -0.39 is 0 Å². The van der Waals surface area contributed by atoms with Crippen molar-refractivity contribution in [2.45, 2.75) is 13.0 Å². The van der Waals surface area contributed by atoms with Gasteiger partial charge in [0.05, 0.1) is 17.5 Å². The number of benzene rings is 1. The van der Waals surface area contributed by atoms with Gasteiger partial charge >= 0.3 is 0 Å². The van der Waals surface area contributed by atoms with Gasteiger partial charge in [-0.25, -0.2) is 0 Å². The Morgan fingerprint density at radius 3 is 2.59 bits per heavy atom. The topological polar surface area (TPSA) is 35.2 Å². The highest BCUT2D eigenvalue weighted by atomic mass is 35.5. The van der Waals surface area contributed by atoms with E-state index in [1.807, 2.05) is 37.3 Å². The molecule has 1 aromatic heterocycles. The van der Waals surface area contributed by atoms with E-state index in [2.05, 4.69) is 0 Å². The van der Waals surface area contributed by atoms with Crippen LogP contribution in [0.4, 0.5) is 0 Å². The molecule has 2 rings (SSSR count). The maximum absolute atomic E-state index is 6.23. The first-order chi connectivity index (χ1) is 8.11. The number of thiophene rings is 1. The van der Waals surface area contributed by atoms with Crippen molar-refractivity contribution in [2.75, 3.05) is 7.11 Å². The zero-order chi connectivity index (χ0) is 12.4. The zero-order valence-electron chi connectivity index (χ0n) is 9.74. The van der Waals surface area contributed by atoms with E-state index in [9.17, 15) is 0 Å². The SMILES string of the molecule is COc1ccc(C(N)c2ccc(Cl)s2)c(C)c1. The molecule has 1 atom stereocenters. The molecule has 2 aromatic rings. The second-order valence-corrected chi connectivity index (χ2v) is 5.59. The number of rotatable bonds is 3. The van der Waals surface area contributed by atoms with E-state index in [0.29, 0.717) is 0 Å². The molecule has 0 saturated carbocycles. The van der Waals surface area contributed by atoms with E-state index >= 15 is 0 Å². The molecule has 1 heterocycles. The van der Waals surface area contributed by atoms with Gasteiger partial charge in [0, 0.05) is 4.88 Å². The molecule has 1 unspecified atom stereocenters. The van der Waals surface area contributed by atoms with Gasteiger partial charge in [-0.2, -0.15) is 0 Å². The highest BCUT2D eigenvalue weighted by Gasteiger charge is 2.13. The van der Waals surface area contributed by atoms with Gasteiger partial charge in [-0.1, -0.05) is 17.7 Å². The number of methoxy groups -OCH3 is 1. The Kier molecular flexibility index (Phi) is 3.72. The quantitative estimate of drug-likeness (QED) is 0.919. The van der Waals surface area contributed by atoms with Crippen LogP contribution in [-0.4, -0.2) is 7.11 Å². The summed E-state index contributed by atoms with van der Waals surface area (Å²) in [6.45, 7) is 2.03. The van der Waals surface area contributed by atoms with Crippen LogP contribution in [0.3, 0.4) is 0 Å². The largest absolute Gasteiger partial charge is 0.497 e. The monoisotopic (exact) mass is 267 g/mol. The van der Waals surface area contributed by atoms with E-state index in [1.54, 1.807) is 7.11 Å². The summed E-state index contributed by atoms with van der Waals surface area (Å²) < 4.78 is 5.95. The van der Waals surface area contributed by atoms with Crippen LogP contribution >= 0.6 is 22.9 Å². The highest BCUT2D eigenvalue weighted by molar-refractivity contribution is 7.16. The Bertz CT molecular complexity index is 524. The Morgan fingerprint density at radius 1 is 1.29 bits per heavy atom. The lowest BCUT2D eigenvalue weighted by molar-refractivity contribution is 0.414. The summed E-state index contributed by atoms with van der Waals surface area (Å²) in [6.07, 6.45) is 0. The van der Waals surface area contributed by atoms with Crippen molar-refractivity contribution in [3.05, 3.63) is 50.7 Å². The summed E-state index contributed by atoms with van der Waals surface area (Å²) in [6, 6.07) is 9.65. The molecule has 17 heavy (non-hydrogen) atoms. The number of hydrogen-bond acceptors (Lipinski definition) is 3.